The minimum absolute atomic E-state index is 0.0660. The molecule has 2 aromatic carbocycles. The van der Waals surface area contributed by atoms with Crippen LogP contribution in [0, 0.1) is 0 Å². The van der Waals surface area contributed by atoms with Crippen LogP contribution < -0.4 is 5.32 Å². The second-order valence-electron chi connectivity index (χ2n) is 5.37. The van der Waals surface area contributed by atoms with Gasteiger partial charge in [-0.05, 0) is 36.8 Å². The van der Waals surface area contributed by atoms with E-state index in [1.807, 2.05) is 61.5 Å². The highest BCUT2D eigenvalue weighted by atomic mass is 79.9. The Bertz CT molecular complexity index is 837. The largest absolute Gasteiger partial charge is 0.411 e. The Kier molecular flexibility index (Phi) is 5.88. The van der Waals surface area contributed by atoms with Crippen LogP contribution in [0.1, 0.15) is 18.5 Å². The van der Waals surface area contributed by atoms with Crippen LogP contribution >= 0.6 is 27.7 Å². The lowest BCUT2D eigenvalue weighted by atomic mass is 10.1. The first kappa shape index (κ1) is 17.7. The Balaban J connectivity index is 1.52. The Morgan fingerprint density at radius 3 is 2.60 bits per heavy atom. The Morgan fingerprint density at radius 1 is 1.16 bits per heavy atom. The van der Waals surface area contributed by atoms with Crippen molar-refractivity contribution in [1.82, 2.24) is 15.5 Å². The Labute approximate surface area is 158 Å². The first-order chi connectivity index (χ1) is 12.1. The van der Waals surface area contributed by atoms with Crippen LogP contribution in [0.2, 0.25) is 0 Å². The third kappa shape index (κ3) is 4.93. The van der Waals surface area contributed by atoms with Crippen LogP contribution in [0.15, 0.2) is 68.7 Å². The number of thioether (sulfide) groups is 1. The molecule has 0 fully saturated rings. The summed E-state index contributed by atoms with van der Waals surface area (Å²) >= 11 is 4.62. The number of hydrogen-bond acceptors (Lipinski definition) is 5. The first-order valence-corrected chi connectivity index (χ1v) is 9.46. The van der Waals surface area contributed by atoms with E-state index in [0.29, 0.717) is 11.1 Å². The summed E-state index contributed by atoms with van der Waals surface area (Å²) in [5.41, 5.74) is 1.90. The van der Waals surface area contributed by atoms with E-state index >= 15 is 0 Å². The van der Waals surface area contributed by atoms with Crippen LogP contribution in [-0.4, -0.2) is 21.9 Å². The fourth-order valence-corrected chi connectivity index (χ4v) is 3.05. The zero-order chi connectivity index (χ0) is 17.6. The number of aromatic nitrogens is 2. The second kappa shape index (κ2) is 8.31. The highest BCUT2D eigenvalue weighted by molar-refractivity contribution is 9.10. The summed E-state index contributed by atoms with van der Waals surface area (Å²) in [6.07, 6.45) is 0. The van der Waals surface area contributed by atoms with Gasteiger partial charge >= 0.3 is 0 Å². The lowest BCUT2D eigenvalue weighted by Crippen LogP contribution is -2.28. The summed E-state index contributed by atoms with van der Waals surface area (Å²) in [6.45, 7) is 1.95. The molecule has 0 spiro atoms. The van der Waals surface area contributed by atoms with Gasteiger partial charge in [0.1, 0.15) is 0 Å². The molecule has 0 radical (unpaired) electrons. The molecule has 7 heteroatoms. The molecule has 5 nitrogen and oxygen atoms in total. The van der Waals surface area contributed by atoms with Crippen LogP contribution in [0.4, 0.5) is 0 Å². The van der Waals surface area contributed by atoms with Gasteiger partial charge in [-0.25, -0.2) is 0 Å². The van der Waals surface area contributed by atoms with Crippen molar-refractivity contribution in [2.24, 2.45) is 0 Å². The number of carbonyl (C=O) groups excluding carboxylic acids is 1. The maximum atomic E-state index is 12.1. The average molecular weight is 418 g/mol. The van der Waals surface area contributed by atoms with Gasteiger partial charge in [0.25, 0.3) is 5.22 Å². The smallest absolute Gasteiger partial charge is 0.277 e. The molecule has 1 N–H and O–H groups in total. The van der Waals surface area contributed by atoms with Crippen molar-refractivity contribution in [3.05, 3.63) is 64.6 Å². The normalized spacial score (nSPS) is 11.9. The van der Waals surface area contributed by atoms with Crippen LogP contribution in [0.3, 0.4) is 0 Å². The maximum absolute atomic E-state index is 12.1. The maximum Gasteiger partial charge on any atom is 0.277 e. The van der Waals surface area contributed by atoms with Gasteiger partial charge in [-0.15, -0.1) is 10.2 Å². The van der Waals surface area contributed by atoms with Crippen molar-refractivity contribution in [2.45, 2.75) is 18.2 Å². The van der Waals surface area contributed by atoms with Gasteiger partial charge in [0.2, 0.25) is 11.8 Å². The lowest BCUT2D eigenvalue weighted by molar-refractivity contribution is -0.119. The fourth-order valence-electron chi connectivity index (χ4n) is 2.21. The Hall–Kier alpha value is -2.12. The predicted molar refractivity (Wildman–Crippen MR) is 101 cm³/mol. The van der Waals surface area contributed by atoms with E-state index in [1.165, 1.54) is 11.8 Å². The third-order valence-electron chi connectivity index (χ3n) is 3.50. The van der Waals surface area contributed by atoms with E-state index < -0.39 is 0 Å². The van der Waals surface area contributed by atoms with Gasteiger partial charge in [0.15, 0.2) is 0 Å². The zero-order valence-electron chi connectivity index (χ0n) is 13.5. The molecule has 0 aliphatic rings. The highest BCUT2D eigenvalue weighted by Gasteiger charge is 2.13. The van der Waals surface area contributed by atoms with Crippen molar-refractivity contribution in [2.75, 3.05) is 5.75 Å². The molecule has 3 rings (SSSR count). The number of amides is 1. The molecule has 0 aliphatic carbocycles. The highest BCUT2D eigenvalue weighted by Crippen LogP contribution is 2.23. The molecule has 3 aromatic rings. The van der Waals surface area contributed by atoms with Gasteiger partial charge in [-0.3, -0.25) is 4.79 Å². The number of halogens is 1. The van der Waals surface area contributed by atoms with E-state index in [-0.39, 0.29) is 17.7 Å². The number of hydrogen-bond donors (Lipinski definition) is 1. The number of nitrogens with one attached hydrogen (secondary N) is 1. The third-order valence-corrected chi connectivity index (χ3v) is 4.85. The monoisotopic (exact) mass is 417 g/mol. The van der Waals surface area contributed by atoms with E-state index in [0.717, 1.165) is 15.6 Å². The number of rotatable bonds is 6. The standard InChI is InChI=1S/C18H16BrN3O2S/c1-12(13-7-9-15(19)10-8-13)20-16(23)11-25-18-22-21-17(24-18)14-5-3-2-4-6-14/h2-10,12H,11H2,1H3,(H,20,23). The summed E-state index contributed by atoms with van der Waals surface area (Å²) in [6, 6.07) is 17.3. The topological polar surface area (TPSA) is 68.0 Å². The summed E-state index contributed by atoms with van der Waals surface area (Å²) in [5.74, 6) is 0.587. The minimum Gasteiger partial charge on any atom is -0.411 e. The van der Waals surface area contributed by atoms with E-state index in [4.69, 9.17) is 4.42 Å². The number of benzene rings is 2. The minimum atomic E-state index is -0.0834. The predicted octanol–water partition coefficient (Wildman–Crippen LogP) is 4.47. The summed E-state index contributed by atoms with van der Waals surface area (Å²) in [5, 5.41) is 11.3. The molecule has 0 saturated carbocycles. The Morgan fingerprint density at radius 2 is 1.88 bits per heavy atom. The molecule has 1 atom stereocenters. The summed E-state index contributed by atoms with van der Waals surface area (Å²) in [4.78, 5) is 12.1. The van der Waals surface area contributed by atoms with Crippen molar-refractivity contribution in [3.8, 4) is 11.5 Å². The molecule has 128 valence electrons. The molecule has 0 bridgehead atoms. The fraction of sp³-hybridized carbons (Fsp3) is 0.167. The average Bonchev–Trinajstić information content (AvgIpc) is 3.10. The molecule has 0 aliphatic heterocycles. The summed E-state index contributed by atoms with van der Waals surface area (Å²) in [7, 11) is 0. The number of nitrogens with zero attached hydrogens (tertiary/aromatic N) is 2. The molecule has 0 saturated heterocycles. The number of carbonyl (C=O) groups is 1. The lowest BCUT2D eigenvalue weighted by Gasteiger charge is -2.13. The van der Waals surface area contributed by atoms with E-state index in [2.05, 4.69) is 31.4 Å². The molecule has 1 amide bonds. The van der Waals surface area contributed by atoms with E-state index in [1.54, 1.807) is 0 Å². The van der Waals surface area contributed by atoms with Crippen molar-refractivity contribution in [3.63, 3.8) is 0 Å². The van der Waals surface area contributed by atoms with Gasteiger partial charge < -0.3 is 9.73 Å². The van der Waals surface area contributed by atoms with Crippen LogP contribution in [0.25, 0.3) is 11.5 Å². The molecule has 1 aromatic heterocycles. The van der Waals surface area contributed by atoms with Gasteiger partial charge in [0, 0.05) is 10.0 Å². The first-order valence-electron chi connectivity index (χ1n) is 7.68. The zero-order valence-corrected chi connectivity index (χ0v) is 15.9. The van der Waals surface area contributed by atoms with Crippen molar-refractivity contribution >= 4 is 33.6 Å². The quantitative estimate of drug-likeness (QED) is 0.599. The van der Waals surface area contributed by atoms with Crippen molar-refractivity contribution < 1.29 is 9.21 Å². The van der Waals surface area contributed by atoms with E-state index in [9.17, 15) is 4.79 Å². The van der Waals surface area contributed by atoms with Gasteiger partial charge in [-0.2, -0.15) is 0 Å². The molecule has 1 unspecified atom stereocenters. The second-order valence-corrected chi connectivity index (χ2v) is 7.21. The molecular weight excluding hydrogens is 402 g/mol. The molecule has 1 heterocycles. The van der Waals surface area contributed by atoms with Crippen LogP contribution in [-0.2, 0) is 4.79 Å². The van der Waals surface area contributed by atoms with Gasteiger partial charge in [0.05, 0.1) is 11.8 Å². The van der Waals surface area contributed by atoms with Crippen molar-refractivity contribution in [1.29, 1.82) is 0 Å². The summed E-state index contributed by atoms with van der Waals surface area (Å²) < 4.78 is 6.59. The van der Waals surface area contributed by atoms with Crippen LogP contribution in [0.5, 0.6) is 0 Å². The molecular formula is C18H16BrN3O2S. The molecule has 25 heavy (non-hydrogen) atoms. The SMILES string of the molecule is CC(NC(=O)CSc1nnc(-c2ccccc2)o1)c1ccc(Br)cc1. The van der Waals surface area contributed by atoms with Gasteiger partial charge in [-0.1, -0.05) is 58.0 Å².